The molecule has 2 aromatic carbocycles. The molecule has 0 atom stereocenters. The minimum absolute atomic E-state index is 0.0182. The van der Waals surface area contributed by atoms with E-state index in [1.165, 1.54) is 20.3 Å². The van der Waals surface area contributed by atoms with E-state index < -0.39 is 10.0 Å². The molecule has 0 aliphatic heterocycles. The second-order valence-electron chi connectivity index (χ2n) is 6.30. The Bertz CT molecular complexity index is 1110. The molecule has 0 spiro atoms. The first kappa shape index (κ1) is 20.4. The minimum atomic E-state index is -3.91. The summed E-state index contributed by atoms with van der Waals surface area (Å²) in [4.78, 5) is 8.65. The Hall–Kier alpha value is -3.33. The topological polar surface area (TPSA) is 102 Å². The van der Waals surface area contributed by atoms with Crippen LogP contribution in [0.15, 0.2) is 53.4 Å². The van der Waals surface area contributed by atoms with E-state index in [9.17, 15) is 8.42 Å². The number of anilines is 3. The van der Waals surface area contributed by atoms with Gasteiger partial charge in [-0.15, -0.1) is 0 Å². The first-order chi connectivity index (χ1) is 13.8. The van der Waals surface area contributed by atoms with Crippen molar-refractivity contribution >= 4 is 27.3 Å². The molecule has 9 heteroatoms. The van der Waals surface area contributed by atoms with E-state index in [-0.39, 0.29) is 10.6 Å². The standard InChI is InChI=1S/C20H22N4O4S/c1-13-10-14(2)22-20(21-13)23-15-6-5-7-16(11-15)24-29(25,26)19-12-17(27-3)8-9-18(19)28-4/h5-12,24H,1-4H3,(H,21,22,23). The molecule has 0 saturated heterocycles. The van der Waals surface area contributed by atoms with Gasteiger partial charge in [0.05, 0.1) is 19.9 Å². The molecule has 29 heavy (non-hydrogen) atoms. The van der Waals surface area contributed by atoms with Gasteiger partial charge in [-0.05, 0) is 50.2 Å². The van der Waals surface area contributed by atoms with Crippen LogP contribution in [0.5, 0.6) is 11.5 Å². The first-order valence-corrected chi connectivity index (χ1v) is 10.2. The molecule has 0 amide bonds. The van der Waals surface area contributed by atoms with Gasteiger partial charge >= 0.3 is 0 Å². The second kappa shape index (κ2) is 8.36. The number of hydrogen-bond donors (Lipinski definition) is 2. The van der Waals surface area contributed by atoms with Gasteiger partial charge in [0, 0.05) is 23.1 Å². The summed E-state index contributed by atoms with van der Waals surface area (Å²) in [6.45, 7) is 3.76. The number of aromatic nitrogens is 2. The van der Waals surface area contributed by atoms with E-state index >= 15 is 0 Å². The van der Waals surface area contributed by atoms with Gasteiger partial charge in [-0.1, -0.05) is 6.07 Å². The van der Waals surface area contributed by atoms with Crippen LogP contribution >= 0.6 is 0 Å². The van der Waals surface area contributed by atoms with Gasteiger partial charge in [-0.2, -0.15) is 0 Å². The third kappa shape index (κ3) is 4.94. The number of aryl methyl sites for hydroxylation is 2. The van der Waals surface area contributed by atoms with E-state index in [1.54, 1.807) is 36.4 Å². The summed E-state index contributed by atoms with van der Waals surface area (Å²) >= 11 is 0. The highest BCUT2D eigenvalue weighted by Crippen LogP contribution is 2.30. The van der Waals surface area contributed by atoms with Crippen LogP contribution in [-0.4, -0.2) is 32.6 Å². The molecule has 0 fully saturated rings. The molecule has 0 bridgehead atoms. The van der Waals surface area contributed by atoms with Crippen molar-refractivity contribution in [2.45, 2.75) is 18.7 Å². The van der Waals surface area contributed by atoms with Gasteiger partial charge in [-0.3, -0.25) is 4.72 Å². The molecule has 3 aromatic rings. The Morgan fingerprint density at radius 2 is 1.55 bits per heavy atom. The van der Waals surface area contributed by atoms with Crippen LogP contribution in [0.3, 0.4) is 0 Å². The summed E-state index contributed by atoms with van der Waals surface area (Å²) in [6, 6.07) is 13.3. The SMILES string of the molecule is COc1ccc(OC)c(S(=O)(=O)Nc2cccc(Nc3nc(C)cc(C)n3)c2)c1. The Balaban J connectivity index is 1.88. The second-order valence-corrected chi connectivity index (χ2v) is 7.95. The number of methoxy groups -OCH3 is 2. The minimum Gasteiger partial charge on any atom is -0.497 e. The molecule has 2 N–H and O–H groups in total. The first-order valence-electron chi connectivity index (χ1n) is 8.75. The molecule has 0 aliphatic rings. The van der Waals surface area contributed by atoms with Crippen molar-refractivity contribution in [1.82, 2.24) is 9.97 Å². The van der Waals surface area contributed by atoms with Gasteiger partial charge in [0.25, 0.3) is 10.0 Å². The lowest BCUT2D eigenvalue weighted by molar-refractivity contribution is 0.392. The summed E-state index contributed by atoms with van der Waals surface area (Å²) in [5.74, 6) is 1.07. The van der Waals surface area contributed by atoms with Crippen LogP contribution in [0.25, 0.3) is 0 Å². The largest absolute Gasteiger partial charge is 0.497 e. The lowest BCUT2D eigenvalue weighted by Gasteiger charge is -2.14. The van der Waals surface area contributed by atoms with Crippen molar-refractivity contribution in [1.29, 1.82) is 0 Å². The molecule has 3 rings (SSSR count). The smallest absolute Gasteiger partial charge is 0.265 e. The number of nitrogens with zero attached hydrogens (tertiary/aromatic N) is 2. The van der Waals surface area contributed by atoms with Crippen molar-refractivity contribution in [3.05, 3.63) is 59.9 Å². The highest BCUT2D eigenvalue weighted by Gasteiger charge is 2.21. The monoisotopic (exact) mass is 414 g/mol. The predicted molar refractivity (Wildman–Crippen MR) is 112 cm³/mol. The van der Waals surface area contributed by atoms with E-state index in [4.69, 9.17) is 9.47 Å². The maximum Gasteiger partial charge on any atom is 0.265 e. The predicted octanol–water partition coefficient (Wildman–Crippen LogP) is 3.66. The number of benzene rings is 2. The van der Waals surface area contributed by atoms with E-state index in [0.29, 0.717) is 23.1 Å². The Morgan fingerprint density at radius 3 is 2.21 bits per heavy atom. The molecule has 152 valence electrons. The summed E-state index contributed by atoms with van der Waals surface area (Å²) in [5, 5.41) is 3.09. The van der Waals surface area contributed by atoms with Gasteiger partial charge < -0.3 is 14.8 Å². The van der Waals surface area contributed by atoms with E-state index in [2.05, 4.69) is 20.0 Å². The average Bonchev–Trinajstić information content (AvgIpc) is 2.66. The Morgan fingerprint density at radius 1 is 0.862 bits per heavy atom. The van der Waals surface area contributed by atoms with Crippen LogP contribution in [0.1, 0.15) is 11.4 Å². The van der Waals surface area contributed by atoms with E-state index in [1.807, 2.05) is 19.9 Å². The molecule has 8 nitrogen and oxygen atoms in total. The lowest BCUT2D eigenvalue weighted by atomic mass is 10.3. The lowest BCUT2D eigenvalue weighted by Crippen LogP contribution is -2.14. The zero-order valence-corrected chi connectivity index (χ0v) is 17.4. The van der Waals surface area contributed by atoms with Crippen LogP contribution in [0, 0.1) is 13.8 Å². The summed E-state index contributed by atoms with van der Waals surface area (Å²) in [5.41, 5.74) is 2.70. The highest BCUT2D eigenvalue weighted by molar-refractivity contribution is 7.92. The van der Waals surface area contributed by atoms with Crippen molar-refractivity contribution in [3.63, 3.8) is 0 Å². The number of hydrogen-bond acceptors (Lipinski definition) is 7. The number of nitrogens with one attached hydrogen (secondary N) is 2. The maximum atomic E-state index is 12.9. The zero-order valence-electron chi connectivity index (χ0n) is 16.6. The number of sulfonamides is 1. The molecule has 0 aliphatic carbocycles. The maximum absolute atomic E-state index is 12.9. The number of rotatable bonds is 7. The van der Waals surface area contributed by atoms with Crippen LogP contribution in [0.2, 0.25) is 0 Å². The van der Waals surface area contributed by atoms with Gasteiger partial charge in [0.15, 0.2) is 0 Å². The molecule has 0 unspecified atom stereocenters. The van der Waals surface area contributed by atoms with Gasteiger partial charge in [0.1, 0.15) is 16.4 Å². The average molecular weight is 414 g/mol. The molecule has 1 heterocycles. The third-order valence-electron chi connectivity index (χ3n) is 4.01. The van der Waals surface area contributed by atoms with Crippen LogP contribution in [-0.2, 0) is 10.0 Å². The normalized spacial score (nSPS) is 11.0. The quantitative estimate of drug-likeness (QED) is 0.608. The number of ether oxygens (including phenoxy) is 2. The Kier molecular flexibility index (Phi) is 5.88. The fourth-order valence-corrected chi connectivity index (χ4v) is 4.01. The third-order valence-corrected chi connectivity index (χ3v) is 5.42. The van der Waals surface area contributed by atoms with Gasteiger partial charge in [-0.25, -0.2) is 18.4 Å². The van der Waals surface area contributed by atoms with Crippen molar-refractivity contribution in [2.75, 3.05) is 24.3 Å². The molecule has 0 radical (unpaired) electrons. The Labute approximate surface area is 170 Å². The van der Waals surface area contributed by atoms with Crippen LogP contribution < -0.4 is 19.5 Å². The summed E-state index contributed by atoms with van der Waals surface area (Å²) in [6.07, 6.45) is 0. The highest BCUT2D eigenvalue weighted by atomic mass is 32.2. The van der Waals surface area contributed by atoms with Crippen molar-refractivity contribution in [3.8, 4) is 11.5 Å². The van der Waals surface area contributed by atoms with Crippen molar-refractivity contribution < 1.29 is 17.9 Å². The molecule has 0 saturated carbocycles. The zero-order chi connectivity index (χ0) is 21.0. The molecular formula is C20H22N4O4S. The van der Waals surface area contributed by atoms with Crippen molar-refractivity contribution in [2.24, 2.45) is 0 Å². The molecule has 1 aromatic heterocycles. The summed E-state index contributed by atoms with van der Waals surface area (Å²) < 4.78 is 38.7. The fourth-order valence-electron chi connectivity index (χ4n) is 2.78. The molecular weight excluding hydrogens is 392 g/mol. The van der Waals surface area contributed by atoms with Crippen LogP contribution in [0.4, 0.5) is 17.3 Å². The van der Waals surface area contributed by atoms with E-state index in [0.717, 1.165) is 11.4 Å². The van der Waals surface area contributed by atoms with Gasteiger partial charge in [0.2, 0.25) is 5.95 Å². The summed E-state index contributed by atoms with van der Waals surface area (Å²) in [7, 11) is -1.03. The fraction of sp³-hybridized carbons (Fsp3) is 0.200.